The molecule has 37 heavy (non-hydrogen) atoms. The van der Waals surface area contributed by atoms with Crippen LogP contribution in [-0.4, -0.2) is 26.9 Å². The van der Waals surface area contributed by atoms with Crippen molar-refractivity contribution in [3.8, 4) is 22.8 Å². The van der Waals surface area contributed by atoms with Crippen LogP contribution in [0.15, 0.2) is 47.3 Å². The van der Waals surface area contributed by atoms with E-state index in [0.717, 1.165) is 12.8 Å². The Morgan fingerprint density at radius 1 is 1.05 bits per heavy atom. The monoisotopic (exact) mass is 529 g/mol. The van der Waals surface area contributed by atoms with E-state index in [1.54, 1.807) is 18.2 Å². The van der Waals surface area contributed by atoms with Crippen molar-refractivity contribution in [3.05, 3.63) is 69.1 Å². The van der Waals surface area contributed by atoms with Crippen molar-refractivity contribution in [2.75, 3.05) is 0 Å². The zero-order valence-corrected chi connectivity index (χ0v) is 21.2. The Hall–Kier alpha value is -3.00. The summed E-state index contributed by atoms with van der Waals surface area (Å²) in [5.41, 5.74) is 0.244. The quantitative estimate of drug-likeness (QED) is 0.364. The predicted octanol–water partition coefficient (Wildman–Crippen LogP) is 6.83. The molecule has 0 bridgehead atoms. The second-order valence-electron chi connectivity index (χ2n) is 10.5. The van der Waals surface area contributed by atoms with E-state index in [-0.39, 0.29) is 42.7 Å². The van der Waals surface area contributed by atoms with Crippen LogP contribution in [0.1, 0.15) is 63.0 Å². The number of aromatic nitrogens is 3. The van der Waals surface area contributed by atoms with E-state index in [2.05, 4.69) is 27.9 Å². The number of aromatic amines is 1. The number of rotatable bonds is 7. The fraction of sp³-hybridized carbons (Fsp3) is 0.429. The SMILES string of the molecule is CC1(c2cccc(-c3nc(-c4cc(CCC(=O)C5(C(F)(F)F)CCCC5)ccc4Cl)[nH]c(=O)n3)c2)CC1. The summed E-state index contributed by atoms with van der Waals surface area (Å²) in [6.07, 6.45) is -1.92. The fourth-order valence-corrected chi connectivity index (χ4v) is 5.46. The van der Waals surface area contributed by atoms with Crippen LogP contribution in [0.4, 0.5) is 13.2 Å². The molecule has 1 aromatic heterocycles. The summed E-state index contributed by atoms with van der Waals surface area (Å²) >= 11 is 6.42. The van der Waals surface area contributed by atoms with Gasteiger partial charge >= 0.3 is 11.9 Å². The van der Waals surface area contributed by atoms with E-state index >= 15 is 0 Å². The number of hydrogen-bond donors (Lipinski definition) is 1. The van der Waals surface area contributed by atoms with Crippen molar-refractivity contribution >= 4 is 17.4 Å². The van der Waals surface area contributed by atoms with E-state index in [0.29, 0.717) is 34.6 Å². The normalized spacial score (nSPS) is 18.1. The minimum atomic E-state index is -4.54. The molecule has 194 valence electrons. The standard InChI is InChI=1S/C28H27ClF3N3O2/c1-26(13-14-26)19-6-4-5-18(16-19)23-33-24(35-25(37)34-23)20-15-17(7-9-21(20)29)8-10-22(36)27(28(30,31)32)11-2-3-12-27/h4-7,9,15-16H,2-3,8,10-14H2,1H3,(H,33,34,35,37). The van der Waals surface area contributed by atoms with Gasteiger partial charge in [-0.3, -0.25) is 9.78 Å². The van der Waals surface area contributed by atoms with Gasteiger partial charge in [0.2, 0.25) is 0 Å². The third-order valence-corrected chi connectivity index (χ3v) is 8.26. The summed E-state index contributed by atoms with van der Waals surface area (Å²) in [6.45, 7) is 2.19. The Bertz CT molecular complexity index is 1410. The van der Waals surface area contributed by atoms with Gasteiger partial charge in [-0.2, -0.15) is 18.2 Å². The van der Waals surface area contributed by atoms with Gasteiger partial charge in [-0.05, 0) is 66.8 Å². The van der Waals surface area contributed by atoms with Gasteiger partial charge in [-0.25, -0.2) is 9.78 Å². The predicted molar refractivity (Wildman–Crippen MR) is 135 cm³/mol. The van der Waals surface area contributed by atoms with Crippen molar-refractivity contribution in [2.45, 2.75) is 69.9 Å². The summed E-state index contributed by atoms with van der Waals surface area (Å²) in [7, 11) is 0. The molecule has 2 saturated carbocycles. The Kier molecular flexibility index (Phi) is 6.51. The van der Waals surface area contributed by atoms with E-state index in [1.807, 2.05) is 18.2 Å². The molecular weight excluding hydrogens is 503 g/mol. The topological polar surface area (TPSA) is 75.7 Å². The highest BCUT2D eigenvalue weighted by molar-refractivity contribution is 6.33. The molecule has 0 amide bonds. The maximum atomic E-state index is 13.8. The lowest BCUT2D eigenvalue weighted by atomic mass is 9.78. The number of hydrogen-bond acceptors (Lipinski definition) is 4. The van der Waals surface area contributed by atoms with Crippen LogP contribution in [0.5, 0.6) is 0 Å². The second kappa shape index (κ2) is 9.39. The second-order valence-corrected chi connectivity index (χ2v) is 10.9. The van der Waals surface area contributed by atoms with Crippen molar-refractivity contribution < 1.29 is 18.0 Å². The first kappa shape index (κ1) is 25.6. The molecule has 2 fully saturated rings. The Labute approximate surface area is 217 Å². The third kappa shape index (κ3) is 4.96. The molecule has 0 aliphatic heterocycles. The van der Waals surface area contributed by atoms with E-state index < -0.39 is 23.1 Å². The molecular formula is C28H27ClF3N3O2. The summed E-state index contributed by atoms with van der Waals surface area (Å²) in [4.78, 5) is 36.4. The first-order valence-corrected chi connectivity index (χ1v) is 12.9. The van der Waals surface area contributed by atoms with Crippen LogP contribution in [0.25, 0.3) is 22.8 Å². The van der Waals surface area contributed by atoms with Crippen LogP contribution in [0, 0.1) is 5.41 Å². The largest absolute Gasteiger partial charge is 0.401 e. The number of benzene rings is 2. The smallest absolute Gasteiger partial charge is 0.299 e. The van der Waals surface area contributed by atoms with Crippen molar-refractivity contribution in [2.24, 2.45) is 5.41 Å². The summed E-state index contributed by atoms with van der Waals surface area (Å²) < 4.78 is 41.3. The molecule has 2 aromatic carbocycles. The number of ketones is 1. The minimum Gasteiger partial charge on any atom is -0.299 e. The molecule has 1 N–H and O–H groups in total. The molecule has 9 heteroatoms. The van der Waals surface area contributed by atoms with Gasteiger partial charge in [-0.1, -0.05) is 55.6 Å². The molecule has 0 saturated heterocycles. The summed E-state index contributed by atoms with van der Waals surface area (Å²) in [5.74, 6) is -0.301. The molecule has 0 spiro atoms. The minimum absolute atomic E-state index is 0.129. The molecule has 5 rings (SSSR count). The molecule has 1 heterocycles. The van der Waals surface area contributed by atoms with E-state index in [1.165, 1.54) is 5.56 Å². The molecule has 2 aliphatic rings. The number of nitrogens with one attached hydrogen (secondary N) is 1. The number of halogens is 4. The van der Waals surface area contributed by atoms with Gasteiger partial charge in [0.05, 0.1) is 5.02 Å². The van der Waals surface area contributed by atoms with E-state index in [4.69, 9.17) is 11.6 Å². The van der Waals surface area contributed by atoms with Gasteiger partial charge < -0.3 is 0 Å². The van der Waals surface area contributed by atoms with Crippen LogP contribution >= 0.6 is 11.6 Å². The van der Waals surface area contributed by atoms with Crippen molar-refractivity contribution in [3.63, 3.8) is 0 Å². The lowest BCUT2D eigenvalue weighted by Gasteiger charge is -2.30. The number of Topliss-reactive ketones (excluding diaryl/α,β-unsaturated/α-hetero) is 1. The van der Waals surface area contributed by atoms with Gasteiger partial charge in [0.15, 0.2) is 5.82 Å². The highest BCUT2D eigenvalue weighted by Gasteiger charge is 2.60. The zero-order chi connectivity index (χ0) is 26.4. The maximum Gasteiger partial charge on any atom is 0.401 e. The highest BCUT2D eigenvalue weighted by atomic mass is 35.5. The molecule has 0 radical (unpaired) electrons. The zero-order valence-electron chi connectivity index (χ0n) is 20.4. The molecule has 5 nitrogen and oxygen atoms in total. The first-order valence-electron chi connectivity index (χ1n) is 12.5. The third-order valence-electron chi connectivity index (χ3n) is 7.93. The molecule has 0 atom stereocenters. The number of carbonyl (C=O) groups is 1. The van der Waals surface area contributed by atoms with Gasteiger partial charge in [0, 0.05) is 17.5 Å². The van der Waals surface area contributed by atoms with E-state index in [9.17, 15) is 22.8 Å². The van der Waals surface area contributed by atoms with Gasteiger partial charge in [0.1, 0.15) is 17.0 Å². The van der Waals surface area contributed by atoms with Gasteiger partial charge in [0.25, 0.3) is 0 Å². The van der Waals surface area contributed by atoms with Crippen LogP contribution in [0.2, 0.25) is 5.02 Å². The summed E-state index contributed by atoms with van der Waals surface area (Å²) in [6, 6.07) is 12.7. The number of carbonyl (C=O) groups excluding carboxylic acids is 1. The molecule has 2 aliphatic carbocycles. The maximum absolute atomic E-state index is 13.8. The van der Waals surface area contributed by atoms with Crippen LogP contribution < -0.4 is 5.69 Å². The van der Waals surface area contributed by atoms with Crippen LogP contribution in [0.3, 0.4) is 0 Å². The molecule has 0 unspecified atom stereocenters. The Morgan fingerprint density at radius 2 is 1.78 bits per heavy atom. The fourth-order valence-electron chi connectivity index (χ4n) is 5.26. The molecule has 3 aromatic rings. The lowest BCUT2D eigenvalue weighted by Crippen LogP contribution is -2.42. The average molecular weight is 530 g/mol. The number of alkyl halides is 3. The first-order chi connectivity index (χ1) is 17.5. The lowest BCUT2D eigenvalue weighted by molar-refractivity contribution is -0.218. The van der Waals surface area contributed by atoms with Crippen LogP contribution in [-0.2, 0) is 16.6 Å². The number of H-pyrrole nitrogens is 1. The highest BCUT2D eigenvalue weighted by Crippen LogP contribution is 2.52. The van der Waals surface area contributed by atoms with Gasteiger partial charge in [-0.15, -0.1) is 0 Å². The Balaban J connectivity index is 1.41. The number of nitrogens with zero attached hydrogens (tertiary/aromatic N) is 2. The van der Waals surface area contributed by atoms with Crippen molar-refractivity contribution in [1.29, 1.82) is 0 Å². The van der Waals surface area contributed by atoms with Crippen molar-refractivity contribution in [1.82, 2.24) is 15.0 Å². The summed E-state index contributed by atoms with van der Waals surface area (Å²) in [5, 5.41) is 0.317. The Morgan fingerprint density at radius 3 is 2.46 bits per heavy atom. The number of aryl methyl sites for hydroxylation is 1. The average Bonchev–Trinajstić information content (AvgIpc) is 3.40.